The molecule has 0 spiro atoms. The van der Waals surface area contributed by atoms with Crippen LogP contribution in [-0.2, 0) is 28.8 Å². The highest BCUT2D eigenvalue weighted by molar-refractivity contribution is 5.92. The van der Waals surface area contributed by atoms with Gasteiger partial charge >= 0.3 is 5.97 Å². The number of aliphatic hydroxyl groups excluding tert-OH is 2. The number of hydrogen-bond acceptors (Lipinski definition) is 8. The SMILES string of the molecule is CC(C)CC(=O)N[C@H](C(=O)N[C@H](C(=O)N[C@@H](CC(C)C)C(O)CC(=O)NC(C)C(=O)N[C@@H](CC(C)C)C(O)CC(=O)O)C(C)C)C(C)C. The minimum Gasteiger partial charge on any atom is -0.481 e. The zero-order valence-corrected chi connectivity index (χ0v) is 30.8. The van der Waals surface area contributed by atoms with Gasteiger partial charge in [-0.2, -0.15) is 0 Å². The molecule has 0 aromatic heterocycles. The van der Waals surface area contributed by atoms with E-state index in [9.17, 15) is 39.0 Å². The third-order valence-corrected chi connectivity index (χ3v) is 7.69. The number of amides is 5. The van der Waals surface area contributed by atoms with E-state index in [1.54, 1.807) is 27.7 Å². The second kappa shape index (κ2) is 21.7. The van der Waals surface area contributed by atoms with E-state index in [-0.39, 0.29) is 41.9 Å². The Kier molecular flexibility index (Phi) is 20.2. The van der Waals surface area contributed by atoms with E-state index in [1.807, 2.05) is 41.5 Å². The van der Waals surface area contributed by atoms with Crippen LogP contribution in [0.4, 0.5) is 0 Å². The third-order valence-electron chi connectivity index (χ3n) is 7.69. The van der Waals surface area contributed by atoms with E-state index < -0.39 is 84.9 Å². The number of hydrogen-bond donors (Lipinski definition) is 8. The third kappa shape index (κ3) is 17.8. The van der Waals surface area contributed by atoms with Gasteiger partial charge in [0.15, 0.2) is 0 Å². The predicted molar refractivity (Wildman–Crippen MR) is 182 cm³/mol. The lowest BCUT2D eigenvalue weighted by Gasteiger charge is -2.31. The number of carbonyl (C=O) groups is 6. The smallest absolute Gasteiger partial charge is 0.306 e. The molecular weight excluding hydrogens is 622 g/mol. The number of rotatable bonds is 22. The van der Waals surface area contributed by atoms with Crippen LogP contribution in [0.5, 0.6) is 0 Å². The monoisotopic (exact) mass is 685 g/mol. The predicted octanol–water partition coefficient (Wildman–Crippen LogP) is 1.47. The van der Waals surface area contributed by atoms with Crippen molar-refractivity contribution in [1.82, 2.24) is 26.6 Å². The number of carboxylic acids is 1. The molecule has 0 saturated carbocycles. The minimum absolute atomic E-state index is 0.0152. The van der Waals surface area contributed by atoms with Crippen molar-refractivity contribution in [2.45, 2.75) is 151 Å². The van der Waals surface area contributed by atoms with E-state index in [0.717, 1.165) is 0 Å². The Balaban J connectivity index is 5.60. The molecule has 0 aromatic rings. The molecule has 14 heteroatoms. The fourth-order valence-corrected chi connectivity index (χ4v) is 5.16. The highest BCUT2D eigenvalue weighted by Gasteiger charge is 2.34. The first-order chi connectivity index (χ1) is 22.0. The average Bonchev–Trinajstić information content (AvgIpc) is 2.91. The van der Waals surface area contributed by atoms with Crippen LogP contribution in [0, 0.1) is 29.6 Å². The van der Waals surface area contributed by atoms with Crippen molar-refractivity contribution in [3.05, 3.63) is 0 Å². The average molecular weight is 686 g/mol. The molecule has 0 fully saturated rings. The molecule has 0 aromatic carbocycles. The summed E-state index contributed by atoms with van der Waals surface area (Å²) in [7, 11) is 0. The van der Waals surface area contributed by atoms with Gasteiger partial charge in [-0.1, -0.05) is 69.2 Å². The molecule has 8 N–H and O–H groups in total. The Hall–Kier alpha value is -3.26. The van der Waals surface area contributed by atoms with Crippen molar-refractivity contribution >= 4 is 35.5 Å². The zero-order valence-electron chi connectivity index (χ0n) is 30.8. The molecule has 278 valence electrons. The summed E-state index contributed by atoms with van der Waals surface area (Å²) in [5.74, 6) is -4.25. The van der Waals surface area contributed by atoms with Gasteiger partial charge in [0.2, 0.25) is 29.5 Å². The Morgan fingerprint density at radius 1 is 0.479 bits per heavy atom. The van der Waals surface area contributed by atoms with E-state index in [1.165, 1.54) is 6.92 Å². The van der Waals surface area contributed by atoms with Crippen molar-refractivity contribution in [2.24, 2.45) is 29.6 Å². The molecule has 0 aliphatic heterocycles. The van der Waals surface area contributed by atoms with E-state index in [4.69, 9.17) is 5.11 Å². The Morgan fingerprint density at radius 2 is 0.875 bits per heavy atom. The lowest BCUT2D eigenvalue weighted by atomic mass is 9.95. The van der Waals surface area contributed by atoms with Crippen LogP contribution < -0.4 is 26.6 Å². The van der Waals surface area contributed by atoms with Crippen LogP contribution in [0.25, 0.3) is 0 Å². The van der Waals surface area contributed by atoms with Gasteiger partial charge in [0.25, 0.3) is 0 Å². The van der Waals surface area contributed by atoms with Crippen LogP contribution in [0.15, 0.2) is 0 Å². The first-order valence-electron chi connectivity index (χ1n) is 17.1. The fourth-order valence-electron chi connectivity index (χ4n) is 5.16. The molecule has 0 aliphatic carbocycles. The van der Waals surface area contributed by atoms with Crippen LogP contribution >= 0.6 is 0 Å². The topological polar surface area (TPSA) is 223 Å². The summed E-state index contributed by atoms with van der Waals surface area (Å²) < 4.78 is 0. The van der Waals surface area contributed by atoms with E-state index in [2.05, 4.69) is 26.6 Å². The molecule has 14 nitrogen and oxygen atoms in total. The zero-order chi connectivity index (χ0) is 37.5. The molecule has 0 aliphatic rings. The van der Waals surface area contributed by atoms with Gasteiger partial charge in [0.05, 0.1) is 37.1 Å². The van der Waals surface area contributed by atoms with E-state index >= 15 is 0 Å². The number of aliphatic carboxylic acids is 1. The summed E-state index contributed by atoms with van der Waals surface area (Å²) in [5, 5.41) is 43.9. The lowest BCUT2D eigenvalue weighted by Crippen LogP contribution is -2.59. The lowest BCUT2D eigenvalue weighted by molar-refractivity contribution is -0.140. The van der Waals surface area contributed by atoms with Crippen molar-refractivity contribution in [1.29, 1.82) is 0 Å². The van der Waals surface area contributed by atoms with Gasteiger partial charge in [0, 0.05) is 6.42 Å². The Bertz CT molecular complexity index is 1060. The normalized spacial score (nSPS) is 16.1. The molecule has 3 unspecified atom stereocenters. The quantitative estimate of drug-likeness (QED) is 0.0825. The summed E-state index contributed by atoms with van der Waals surface area (Å²) in [6, 6.07) is -4.61. The highest BCUT2D eigenvalue weighted by Crippen LogP contribution is 2.15. The van der Waals surface area contributed by atoms with Crippen LogP contribution in [0.1, 0.15) is 108 Å². The number of carbonyl (C=O) groups excluding carboxylic acids is 5. The molecule has 0 bridgehead atoms. The molecule has 7 atom stereocenters. The molecule has 0 rings (SSSR count). The van der Waals surface area contributed by atoms with Gasteiger partial charge in [-0.05, 0) is 49.4 Å². The van der Waals surface area contributed by atoms with Gasteiger partial charge in [-0.15, -0.1) is 0 Å². The molecule has 5 amide bonds. The van der Waals surface area contributed by atoms with Gasteiger partial charge < -0.3 is 41.9 Å². The molecular formula is C34H63N5O9. The summed E-state index contributed by atoms with van der Waals surface area (Å²) in [6.45, 7) is 19.8. The van der Waals surface area contributed by atoms with Crippen LogP contribution in [0.3, 0.4) is 0 Å². The number of carboxylic acid groups (broad SMARTS) is 1. The Labute approximate surface area is 286 Å². The van der Waals surface area contributed by atoms with Crippen molar-refractivity contribution in [3.63, 3.8) is 0 Å². The molecule has 0 saturated heterocycles. The molecule has 0 heterocycles. The maximum absolute atomic E-state index is 13.5. The molecule has 0 radical (unpaired) electrons. The van der Waals surface area contributed by atoms with Crippen LogP contribution in [0.2, 0.25) is 0 Å². The molecule has 48 heavy (non-hydrogen) atoms. The van der Waals surface area contributed by atoms with Crippen molar-refractivity contribution < 1.29 is 44.1 Å². The fraction of sp³-hybridized carbons (Fsp3) is 0.824. The number of nitrogens with one attached hydrogen (secondary N) is 5. The second-order valence-corrected chi connectivity index (χ2v) is 14.8. The van der Waals surface area contributed by atoms with Gasteiger partial charge in [-0.3, -0.25) is 28.8 Å². The largest absolute Gasteiger partial charge is 0.481 e. The van der Waals surface area contributed by atoms with Crippen LogP contribution in [-0.4, -0.2) is 93.2 Å². The maximum Gasteiger partial charge on any atom is 0.306 e. The summed E-state index contributed by atoms with van der Waals surface area (Å²) in [4.78, 5) is 75.9. The summed E-state index contributed by atoms with van der Waals surface area (Å²) in [6.07, 6.45) is -2.76. The van der Waals surface area contributed by atoms with Gasteiger partial charge in [0.1, 0.15) is 18.1 Å². The maximum atomic E-state index is 13.5. The Morgan fingerprint density at radius 3 is 1.29 bits per heavy atom. The first kappa shape index (κ1) is 44.7. The minimum atomic E-state index is -1.33. The van der Waals surface area contributed by atoms with Gasteiger partial charge in [-0.25, -0.2) is 0 Å². The number of aliphatic hydroxyl groups is 2. The first-order valence-corrected chi connectivity index (χ1v) is 17.1. The standard InChI is InChI=1S/C34H63N5O9/c1-17(2)12-23(37-33(47)31(21(9)10)39-34(48)30(20(7)8)38-27(42)14-19(5)6)25(40)15-28(43)35-22(11)32(46)36-24(13-18(3)4)26(41)16-29(44)45/h17-26,30-31,40-41H,12-16H2,1-11H3,(H,35,43)(H,36,46)(H,37,47)(H,38,42)(H,39,48)(H,44,45)/t22?,23-,24-,25?,26?,30-,31-/m0/s1. The summed E-state index contributed by atoms with van der Waals surface area (Å²) >= 11 is 0. The van der Waals surface area contributed by atoms with Crippen molar-refractivity contribution in [3.8, 4) is 0 Å². The summed E-state index contributed by atoms with van der Waals surface area (Å²) in [5.41, 5.74) is 0. The van der Waals surface area contributed by atoms with E-state index in [0.29, 0.717) is 12.8 Å². The second-order valence-electron chi connectivity index (χ2n) is 14.8. The van der Waals surface area contributed by atoms with Crippen molar-refractivity contribution in [2.75, 3.05) is 0 Å². The highest BCUT2D eigenvalue weighted by atomic mass is 16.4.